The lowest BCUT2D eigenvalue weighted by molar-refractivity contribution is -0.131. The van der Waals surface area contributed by atoms with E-state index in [1.165, 1.54) is 0 Å². The molecule has 1 amide bonds. The average Bonchev–Trinajstić information content (AvgIpc) is 3.23. The molecule has 0 bridgehead atoms. The van der Waals surface area contributed by atoms with E-state index in [1.54, 1.807) is 15.8 Å². The van der Waals surface area contributed by atoms with Gasteiger partial charge in [-0.15, -0.1) is 0 Å². The number of hydrogen-bond acceptors (Lipinski definition) is 5. The Morgan fingerprint density at radius 1 is 1.40 bits per heavy atom. The molecule has 0 saturated carbocycles. The van der Waals surface area contributed by atoms with Crippen molar-refractivity contribution in [3.8, 4) is 0 Å². The molecular weight excluding hydrogens is 318 g/mol. The monoisotopic (exact) mass is 345 g/mol. The summed E-state index contributed by atoms with van der Waals surface area (Å²) in [5.41, 5.74) is 1.05. The molecule has 136 valence electrons. The number of carbonyl (C=O) groups is 1. The highest BCUT2D eigenvalue weighted by molar-refractivity contribution is 5.78. The van der Waals surface area contributed by atoms with Crippen LogP contribution in [-0.4, -0.2) is 66.4 Å². The van der Waals surface area contributed by atoms with Crippen LogP contribution in [0.4, 0.5) is 0 Å². The molecule has 8 heteroatoms. The summed E-state index contributed by atoms with van der Waals surface area (Å²) in [5, 5.41) is 8.61. The number of carbonyl (C=O) groups excluding carboxylic acids is 1. The van der Waals surface area contributed by atoms with Crippen molar-refractivity contribution in [2.75, 3.05) is 20.1 Å². The summed E-state index contributed by atoms with van der Waals surface area (Å²) in [4.78, 5) is 21.0. The zero-order chi connectivity index (χ0) is 18.0. The summed E-state index contributed by atoms with van der Waals surface area (Å²) >= 11 is 0. The van der Waals surface area contributed by atoms with Crippen LogP contribution >= 0.6 is 0 Å². The Morgan fingerprint density at radius 3 is 2.84 bits per heavy atom. The Hall–Kier alpha value is -2.22. The predicted molar refractivity (Wildman–Crippen MR) is 93.8 cm³/mol. The van der Waals surface area contributed by atoms with Gasteiger partial charge in [-0.25, -0.2) is 9.67 Å². The van der Waals surface area contributed by atoms with Crippen molar-refractivity contribution < 1.29 is 4.79 Å². The first-order chi connectivity index (χ1) is 11.9. The smallest absolute Gasteiger partial charge is 0.236 e. The van der Waals surface area contributed by atoms with Gasteiger partial charge in [-0.2, -0.15) is 10.2 Å². The summed E-state index contributed by atoms with van der Waals surface area (Å²) in [5.74, 6) is 1.88. The SMILES string of the molecule is Cc1nc(C)n(CC2CCCN2CC(=O)N(C)Cc2cnn(C)c2)n1. The van der Waals surface area contributed by atoms with Gasteiger partial charge in [0.25, 0.3) is 0 Å². The Balaban J connectivity index is 1.56. The lowest BCUT2D eigenvalue weighted by atomic mass is 10.2. The largest absolute Gasteiger partial charge is 0.340 e. The minimum absolute atomic E-state index is 0.141. The summed E-state index contributed by atoms with van der Waals surface area (Å²) in [6.07, 6.45) is 5.96. The van der Waals surface area contributed by atoms with Gasteiger partial charge in [-0.1, -0.05) is 0 Å². The van der Waals surface area contributed by atoms with E-state index in [1.807, 2.05) is 38.8 Å². The molecule has 0 aliphatic carbocycles. The van der Waals surface area contributed by atoms with E-state index in [0.29, 0.717) is 19.1 Å². The number of rotatable bonds is 6. The number of aromatic nitrogens is 5. The van der Waals surface area contributed by atoms with Crippen LogP contribution in [0.1, 0.15) is 30.1 Å². The minimum Gasteiger partial charge on any atom is -0.340 e. The summed E-state index contributed by atoms with van der Waals surface area (Å²) in [7, 11) is 3.74. The van der Waals surface area contributed by atoms with Crippen molar-refractivity contribution in [3.05, 3.63) is 29.6 Å². The van der Waals surface area contributed by atoms with Gasteiger partial charge in [0.1, 0.15) is 11.6 Å². The molecule has 0 spiro atoms. The van der Waals surface area contributed by atoms with Crippen LogP contribution in [0, 0.1) is 13.8 Å². The number of amides is 1. The fraction of sp³-hybridized carbons (Fsp3) is 0.647. The van der Waals surface area contributed by atoms with Crippen LogP contribution in [0.5, 0.6) is 0 Å². The van der Waals surface area contributed by atoms with E-state index in [-0.39, 0.29) is 5.91 Å². The Kier molecular flexibility index (Phi) is 5.17. The molecular formula is C17H27N7O. The molecule has 2 aromatic rings. The van der Waals surface area contributed by atoms with Crippen LogP contribution < -0.4 is 0 Å². The van der Waals surface area contributed by atoms with Crippen LogP contribution in [0.2, 0.25) is 0 Å². The first-order valence-corrected chi connectivity index (χ1v) is 8.76. The van der Waals surface area contributed by atoms with E-state index >= 15 is 0 Å². The van der Waals surface area contributed by atoms with E-state index in [2.05, 4.69) is 20.1 Å². The molecule has 2 aromatic heterocycles. The van der Waals surface area contributed by atoms with Gasteiger partial charge >= 0.3 is 0 Å². The van der Waals surface area contributed by atoms with Gasteiger partial charge in [0, 0.05) is 38.4 Å². The Morgan fingerprint density at radius 2 is 2.20 bits per heavy atom. The second kappa shape index (κ2) is 7.35. The average molecular weight is 345 g/mol. The highest BCUT2D eigenvalue weighted by Gasteiger charge is 2.28. The molecule has 25 heavy (non-hydrogen) atoms. The van der Waals surface area contributed by atoms with Gasteiger partial charge in [0.15, 0.2) is 0 Å². The summed E-state index contributed by atoms with van der Waals surface area (Å²) < 4.78 is 3.72. The topological polar surface area (TPSA) is 72.1 Å². The van der Waals surface area contributed by atoms with Gasteiger partial charge in [0.2, 0.25) is 5.91 Å². The van der Waals surface area contributed by atoms with Crippen molar-refractivity contribution in [1.82, 2.24) is 34.3 Å². The molecule has 1 fully saturated rings. The van der Waals surface area contributed by atoms with Crippen molar-refractivity contribution in [2.24, 2.45) is 7.05 Å². The molecule has 3 heterocycles. The normalized spacial score (nSPS) is 18.0. The maximum atomic E-state index is 12.6. The molecule has 1 saturated heterocycles. The predicted octanol–water partition coefficient (Wildman–Crippen LogP) is 0.751. The number of likely N-dealkylation sites (tertiary alicyclic amines) is 1. The van der Waals surface area contributed by atoms with E-state index in [9.17, 15) is 4.79 Å². The summed E-state index contributed by atoms with van der Waals surface area (Å²) in [6.45, 7) is 6.69. The van der Waals surface area contributed by atoms with E-state index in [0.717, 1.165) is 43.1 Å². The quantitative estimate of drug-likeness (QED) is 0.773. The molecule has 0 N–H and O–H groups in total. The third-order valence-corrected chi connectivity index (χ3v) is 4.79. The fourth-order valence-corrected chi connectivity index (χ4v) is 3.45. The lowest BCUT2D eigenvalue weighted by Gasteiger charge is -2.26. The molecule has 1 atom stereocenters. The molecule has 0 radical (unpaired) electrons. The standard InChI is InChI=1S/C17H27N7O/c1-13-19-14(2)24(20-13)11-16-6-5-7-23(16)12-17(25)21(3)9-15-8-18-22(4)10-15/h8,10,16H,5-7,9,11-12H2,1-4H3. The minimum atomic E-state index is 0.141. The summed E-state index contributed by atoms with van der Waals surface area (Å²) in [6, 6.07) is 0.343. The van der Waals surface area contributed by atoms with Crippen molar-refractivity contribution >= 4 is 5.91 Å². The van der Waals surface area contributed by atoms with Crippen LogP contribution in [0.25, 0.3) is 0 Å². The van der Waals surface area contributed by atoms with Crippen molar-refractivity contribution in [1.29, 1.82) is 0 Å². The second-order valence-corrected chi connectivity index (χ2v) is 6.93. The molecule has 1 aliphatic heterocycles. The fourth-order valence-electron chi connectivity index (χ4n) is 3.45. The van der Waals surface area contributed by atoms with Gasteiger partial charge in [-0.05, 0) is 33.2 Å². The van der Waals surface area contributed by atoms with E-state index in [4.69, 9.17) is 0 Å². The first-order valence-electron chi connectivity index (χ1n) is 8.76. The third-order valence-electron chi connectivity index (χ3n) is 4.79. The Labute approximate surface area is 148 Å². The van der Waals surface area contributed by atoms with Crippen molar-refractivity contribution in [2.45, 2.75) is 45.8 Å². The molecule has 3 rings (SSSR count). The second-order valence-electron chi connectivity index (χ2n) is 6.93. The number of likely N-dealkylation sites (N-methyl/N-ethyl adjacent to an activating group) is 1. The maximum Gasteiger partial charge on any atom is 0.236 e. The molecule has 0 aromatic carbocycles. The maximum absolute atomic E-state index is 12.6. The van der Waals surface area contributed by atoms with Gasteiger partial charge < -0.3 is 4.90 Å². The van der Waals surface area contributed by atoms with Gasteiger partial charge in [-0.3, -0.25) is 14.4 Å². The number of aryl methyl sites for hydroxylation is 3. The van der Waals surface area contributed by atoms with Crippen LogP contribution in [0.3, 0.4) is 0 Å². The lowest BCUT2D eigenvalue weighted by Crippen LogP contribution is -2.42. The third kappa shape index (κ3) is 4.25. The number of hydrogen-bond donors (Lipinski definition) is 0. The highest BCUT2D eigenvalue weighted by Crippen LogP contribution is 2.19. The molecule has 1 unspecified atom stereocenters. The highest BCUT2D eigenvalue weighted by atomic mass is 16.2. The van der Waals surface area contributed by atoms with Crippen molar-refractivity contribution in [3.63, 3.8) is 0 Å². The molecule has 8 nitrogen and oxygen atoms in total. The Bertz CT molecular complexity index is 735. The zero-order valence-electron chi connectivity index (χ0n) is 15.5. The van der Waals surface area contributed by atoms with E-state index < -0.39 is 0 Å². The zero-order valence-corrected chi connectivity index (χ0v) is 15.5. The first kappa shape index (κ1) is 17.6. The molecule has 1 aliphatic rings. The number of nitrogens with zero attached hydrogens (tertiary/aromatic N) is 7. The van der Waals surface area contributed by atoms with Crippen LogP contribution in [-0.2, 0) is 24.9 Å². The van der Waals surface area contributed by atoms with Gasteiger partial charge in [0.05, 0.1) is 19.3 Å². The van der Waals surface area contributed by atoms with Crippen LogP contribution in [0.15, 0.2) is 12.4 Å².